The van der Waals surface area contributed by atoms with E-state index >= 15 is 0 Å². The van der Waals surface area contributed by atoms with Crippen molar-refractivity contribution in [2.45, 2.75) is 6.54 Å². The molecule has 0 aliphatic heterocycles. The molecule has 1 heterocycles. The van der Waals surface area contributed by atoms with Crippen molar-refractivity contribution >= 4 is 28.8 Å². The van der Waals surface area contributed by atoms with Crippen molar-refractivity contribution in [1.29, 1.82) is 0 Å². The average Bonchev–Trinajstić information content (AvgIpc) is 3.14. The van der Waals surface area contributed by atoms with Crippen molar-refractivity contribution in [3.8, 4) is 16.9 Å². The molecule has 3 nitrogen and oxygen atoms in total. The Morgan fingerprint density at radius 1 is 1.21 bits per heavy atom. The van der Waals surface area contributed by atoms with Gasteiger partial charge in [-0.25, -0.2) is 0 Å². The summed E-state index contributed by atoms with van der Waals surface area (Å²) in [6.45, 7) is 0.431. The van der Waals surface area contributed by atoms with Crippen LogP contribution in [0.3, 0.4) is 0 Å². The highest BCUT2D eigenvalue weighted by Crippen LogP contribution is 2.26. The van der Waals surface area contributed by atoms with E-state index in [9.17, 15) is 4.79 Å². The molecule has 3 aromatic rings. The Kier molecular flexibility index (Phi) is 5.18. The van der Waals surface area contributed by atoms with Crippen molar-refractivity contribution in [1.82, 2.24) is 5.32 Å². The Morgan fingerprint density at radius 3 is 2.79 bits per heavy atom. The number of ether oxygens (including phenoxy) is 1. The van der Waals surface area contributed by atoms with E-state index in [0.29, 0.717) is 22.9 Å². The Hall–Kier alpha value is -2.30. The van der Waals surface area contributed by atoms with E-state index in [1.165, 1.54) is 7.11 Å². The lowest BCUT2D eigenvalue weighted by Gasteiger charge is -2.12. The van der Waals surface area contributed by atoms with E-state index in [1.54, 1.807) is 29.5 Å². The smallest absolute Gasteiger partial charge is 0.255 e. The van der Waals surface area contributed by atoms with Gasteiger partial charge < -0.3 is 10.1 Å². The summed E-state index contributed by atoms with van der Waals surface area (Å²) in [6, 6.07) is 15.1. The van der Waals surface area contributed by atoms with Gasteiger partial charge in [0.05, 0.1) is 12.7 Å². The first kappa shape index (κ1) is 16.6. The molecule has 1 amide bonds. The predicted molar refractivity (Wildman–Crippen MR) is 98.9 cm³/mol. The Labute approximate surface area is 149 Å². The highest BCUT2D eigenvalue weighted by molar-refractivity contribution is 7.08. The van der Waals surface area contributed by atoms with Gasteiger partial charge in [0.1, 0.15) is 5.75 Å². The summed E-state index contributed by atoms with van der Waals surface area (Å²) in [5.74, 6) is 0.289. The zero-order chi connectivity index (χ0) is 16.9. The molecule has 0 saturated heterocycles. The molecular formula is C19H16ClNO2S. The van der Waals surface area contributed by atoms with Crippen LogP contribution in [-0.4, -0.2) is 13.0 Å². The quantitative estimate of drug-likeness (QED) is 0.697. The van der Waals surface area contributed by atoms with Gasteiger partial charge in [0, 0.05) is 11.6 Å². The highest BCUT2D eigenvalue weighted by Gasteiger charge is 2.13. The molecule has 0 unspecified atom stereocenters. The maximum Gasteiger partial charge on any atom is 0.255 e. The summed E-state index contributed by atoms with van der Waals surface area (Å²) in [5, 5.41) is 7.59. The fourth-order valence-electron chi connectivity index (χ4n) is 2.50. The normalized spacial score (nSPS) is 10.4. The number of carbonyl (C=O) groups is 1. The molecule has 0 atom stereocenters. The maximum absolute atomic E-state index is 12.5. The third-order valence-corrected chi connectivity index (χ3v) is 4.61. The lowest BCUT2D eigenvalue weighted by Crippen LogP contribution is -2.23. The average molecular weight is 358 g/mol. The van der Waals surface area contributed by atoms with Gasteiger partial charge in [-0.05, 0) is 51.7 Å². The number of amides is 1. The second kappa shape index (κ2) is 7.51. The minimum Gasteiger partial charge on any atom is -0.496 e. The van der Waals surface area contributed by atoms with E-state index in [1.807, 2.05) is 23.6 Å². The lowest BCUT2D eigenvalue weighted by molar-refractivity contribution is 0.0948. The molecule has 24 heavy (non-hydrogen) atoms. The topological polar surface area (TPSA) is 38.3 Å². The van der Waals surface area contributed by atoms with E-state index in [0.717, 1.165) is 16.7 Å². The Bertz CT molecular complexity index is 846. The summed E-state index contributed by atoms with van der Waals surface area (Å²) in [6.07, 6.45) is 0. The summed E-state index contributed by atoms with van der Waals surface area (Å²) >= 11 is 7.65. The van der Waals surface area contributed by atoms with Crippen LogP contribution in [0.5, 0.6) is 5.75 Å². The molecule has 0 spiro atoms. The number of benzene rings is 2. The zero-order valence-corrected chi connectivity index (χ0v) is 14.7. The molecule has 0 aliphatic rings. The predicted octanol–water partition coefficient (Wildman–Crippen LogP) is 5.01. The monoisotopic (exact) mass is 357 g/mol. The van der Waals surface area contributed by atoms with Crippen LogP contribution in [0.2, 0.25) is 5.02 Å². The second-order valence-corrected chi connectivity index (χ2v) is 6.41. The molecule has 1 N–H and O–H groups in total. The van der Waals surface area contributed by atoms with Gasteiger partial charge in [0.15, 0.2) is 0 Å². The van der Waals surface area contributed by atoms with Crippen LogP contribution in [0.15, 0.2) is 59.3 Å². The number of nitrogens with one attached hydrogen (secondary N) is 1. The van der Waals surface area contributed by atoms with Crippen LogP contribution in [-0.2, 0) is 6.54 Å². The molecule has 1 aromatic heterocycles. The van der Waals surface area contributed by atoms with E-state index in [2.05, 4.69) is 22.8 Å². The Balaban J connectivity index is 1.80. The second-order valence-electron chi connectivity index (χ2n) is 5.20. The molecule has 3 rings (SSSR count). The fourth-order valence-corrected chi connectivity index (χ4v) is 3.33. The molecule has 2 aromatic carbocycles. The maximum atomic E-state index is 12.5. The summed E-state index contributed by atoms with van der Waals surface area (Å²) in [4.78, 5) is 12.5. The van der Waals surface area contributed by atoms with Gasteiger partial charge in [0.2, 0.25) is 0 Å². The van der Waals surface area contributed by atoms with Crippen LogP contribution in [0, 0.1) is 0 Å². The molecule has 0 fully saturated rings. The number of rotatable bonds is 5. The van der Waals surface area contributed by atoms with Gasteiger partial charge in [-0.3, -0.25) is 4.79 Å². The van der Waals surface area contributed by atoms with Crippen LogP contribution in [0.1, 0.15) is 15.9 Å². The molecule has 122 valence electrons. The molecule has 0 radical (unpaired) electrons. The number of carbonyl (C=O) groups excluding carboxylic acids is 1. The largest absolute Gasteiger partial charge is 0.496 e. The van der Waals surface area contributed by atoms with Crippen LogP contribution in [0.25, 0.3) is 11.1 Å². The minimum absolute atomic E-state index is 0.213. The van der Waals surface area contributed by atoms with Crippen molar-refractivity contribution in [3.63, 3.8) is 0 Å². The first-order valence-electron chi connectivity index (χ1n) is 7.41. The molecule has 0 aliphatic carbocycles. The number of hydrogen-bond donors (Lipinski definition) is 1. The third kappa shape index (κ3) is 3.61. The standard InChI is InChI=1S/C19H16ClNO2S/c1-23-18-7-6-15(20)10-17(18)19(22)21-11-13-4-2-3-5-16(13)14-8-9-24-12-14/h2-10,12H,11H2,1H3,(H,21,22). The first-order chi connectivity index (χ1) is 11.7. The SMILES string of the molecule is COc1ccc(Cl)cc1C(=O)NCc1ccccc1-c1ccsc1. The van der Waals surface area contributed by atoms with E-state index in [4.69, 9.17) is 16.3 Å². The first-order valence-corrected chi connectivity index (χ1v) is 8.73. The van der Waals surface area contributed by atoms with E-state index < -0.39 is 0 Å². The Morgan fingerprint density at radius 2 is 2.04 bits per heavy atom. The van der Waals surface area contributed by atoms with Gasteiger partial charge in [-0.15, -0.1) is 0 Å². The van der Waals surface area contributed by atoms with Gasteiger partial charge in [0.25, 0.3) is 5.91 Å². The minimum atomic E-state index is -0.213. The fraction of sp³-hybridized carbons (Fsp3) is 0.105. The molecule has 5 heteroatoms. The van der Waals surface area contributed by atoms with Gasteiger partial charge >= 0.3 is 0 Å². The van der Waals surface area contributed by atoms with Crippen LogP contribution < -0.4 is 10.1 Å². The van der Waals surface area contributed by atoms with Gasteiger partial charge in [-0.1, -0.05) is 35.9 Å². The van der Waals surface area contributed by atoms with Crippen molar-refractivity contribution in [2.75, 3.05) is 7.11 Å². The number of methoxy groups -OCH3 is 1. The van der Waals surface area contributed by atoms with Gasteiger partial charge in [-0.2, -0.15) is 11.3 Å². The van der Waals surface area contributed by atoms with Crippen molar-refractivity contribution in [3.05, 3.63) is 75.4 Å². The van der Waals surface area contributed by atoms with Crippen LogP contribution in [0.4, 0.5) is 0 Å². The summed E-state index contributed by atoms with van der Waals surface area (Å²) in [7, 11) is 1.53. The highest BCUT2D eigenvalue weighted by atomic mass is 35.5. The number of halogens is 1. The van der Waals surface area contributed by atoms with Crippen molar-refractivity contribution in [2.24, 2.45) is 0 Å². The summed E-state index contributed by atoms with van der Waals surface area (Å²) < 4.78 is 5.24. The molecule has 0 bridgehead atoms. The molecular weight excluding hydrogens is 342 g/mol. The lowest BCUT2D eigenvalue weighted by atomic mass is 10.0. The number of thiophene rings is 1. The number of hydrogen-bond acceptors (Lipinski definition) is 3. The van der Waals surface area contributed by atoms with Crippen LogP contribution >= 0.6 is 22.9 Å². The third-order valence-electron chi connectivity index (χ3n) is 3.70. The summed E-state index contributed by atoms with van der Waals surface area (Å²) in [5.41, 5.74) is 3.77. The molecule has 0 saturated carbocycles. The zero-order valence-electron chi connectivity index (χ0n) is 13.1. The van der Waals surface area contributed by atoms with E-state index in [-0.39, 0.29) is 5.91 Å². The van der Waals surface area contributed by atoms with Crippen molar-refractivity contribution < 1.29 is 9.53 Å².